The Morgan fingerprint density at radius 1 is 1.12 bits per heavy atom. The maximum absolute atomic E-state index is 12.0. The zero-order valence-electron chi connectivity index (χ0n) is 14.3. The predicted molar refractivity (Wildman–Crippen MR) is 106 cm³/mol. The SMILES string of the molecule is Cc1ccc(CNC(=O)CCc2csc(NC(=O)c3cccs3)n2)cc1. The normalized spacial score (nSPS) is 10.5. The summed E-state index contributed by atoms with van der Waals surface area (Å²) in [5, 5.41) is 9.98. The summed E-state index contributed by atoms with van der Waals surface area (Å²) in [6.07, 6.45) is 0.916. The summed E-state index contributed by atoms with van der Waals surface area (Å²) in [6.45, 7) is 2.56. The second-order valence-electron chi connectivity index (χ2n) is 5.84. The van der Waals surface area contributed by atoms with E-state index >= 15 is 0 Å². The molecule has 5 nitrogen and oxygen atoms in total. The minimum Gasteiger partial charge on any atom is -0.352 e. The molecule has 2 N–H and O–H groups in total. The van der Waals surface area contributed by atoms with E-state index < -0.39 is 0 Å². The van der Waals surface area contributed by atoms with E-state index in [1.807, 2.05) is 48.0 Å². The van der Waals surface area contributed by atoms with E-state index in [9.17, 15) is 9.59 Å². The minimum absolute atomic E-state index is 0.0113. The largest absolute Gasteiger partial charge is 0.352 e. The Hall–Kier alpha value is -2.51. The van der Waals surface area contributed by atoms with Crippen molar-refractivity contribution in [2.45, 2.75) is 26.3 Å². The van der Waals surface area contributed by atoms with Crippen molar-refractivity contribution in [1.29, 1.82) is 0 Å². The molecule has 0 aliphatic rings. The van der Waals surface area contributed by atoms with Gasteiger partial charge in [0, 0.05) is 18.3 Å². The lowest BCUT2D eigenvalue weighted by molar-refractivity contribution is -0.121. The van der Waals surface area contributed by atoms with Crippen LogP contribution in [0.25, 0.3) is 0 Å². The van der Waals surface area contributed by atoms with Gasteiger partial charge in [-0.15, -0.1) is 22.7 Å². The zero-order chi connectivity index (χ0) is 18.4. The van der Waals surface area contributed by atoms with Crippen LogP contribution in [0.1, 0.15) is 32.9 Å². The molecule has 2 aromatic heterocycles. The van der Waals surface area contributed by atoms with E-state index in [0.29, 0.717) is 29.4 Å². The topological polar surface area (TPSA) is 71.1 Å². The van der Waals surface area contributed by atoms with E-state index in [1.54, 1.807) is 6.07 Å². The smallest absolute Gasteiger partial charge is 0.267 e. The number of thiophene rings is 1. The van der Waals surface area contributed by atoms with Crippen molar-refractivity contribution in [2.75, 3.05) is 5.32 Å². The van der Waals surface area contributed by atoms with Crippen LogP contribution in [-0.2, 0) is 17.8 Å². The van der Waals surface area contributed by atoms with Crippen LogP contribution >= 0.6 is 22.7 Å². The van der Waals surface area contributed by atoms with E-state index in [1.165, 1.54) is 28.2 Å². The second-order valence-corrected chi connectivity index (χ2v) is 7.64. The van der Waals surface area contributed by atoms with Gasteiger partial charge < -0.3 is 5.32 Å². The lowest BCUT2D eigenvalue weighted by Gasteiger charge is -2.05. The molecule has 0 atom stereocenters. The highest BCUT2D eigenvalue weighted by atomic mass is 32.1. The first-order chi connectivity index (χ1) is 12.6. The second kappa shape index (κ2) is 8.73. The van der Waals surface area contributed by atoms with Gasteiger partial charge in [-0.1, -0.05) is 35.9 Å². The lowest BCUT2D eigenvalue weighted by Crippen LogP contribution is -2.23. The summed E-state index contributed by atoms with van der Waals surface area (Å²) in [4.78, 5) is 29.0. The molecule has 0 saturated heterocycles. The third kappa shape index (κ3) is 5.24. The third-order valence-corrected chi connectivity index (χ3v) is 5.41. The number of hydrogen-bond acceptors (Lipinski definition) is 5. The number of hydrogen-bond donors (Lipinski definition) is 2. The molecule has 134 valence electrons. The van der Waals surface area contributed by atoms with Crippen LogP contribution in [0.2, 0.25) is 0 Å². The minimum atomic E-state index is -0.156. The number of thiazole rings is 1. The molecule has 0 saturated carbocycles. The number of aryl methyl sites for hydroxylation is 2. The van der Waals surface area contributed by atoms with E-state index in [-0.39, 0.29) is 11.8 Å². The molecule has 0 bridgehead atoms. The first kappa shape index (κ1) is 18.3. The molecular formula is C19H19N3O2S2. The van der Waals surface area contributed by atoms with Crippen molar-refractivity contribution in [2.24, 2.45) is 0 Å². The third-order valence-electron chi connectivity index (χ3n) is 3.74. The van der Waals surface area contributed by atoms with Crippen LogP contribution < -0.4 is 10.6 Å². The van der Waals surface area contributed by atoms with E-state index in [4.69, 9.17) is 0 Å². The van der Waals surface area contributed by atoms with Crippen LogP contribution in [-0.4, -0.2) is 16.8 Å². The highest BCUT2D eigenvalue weighted by molar-refractivity contribution is 7.14. The number of nitrogens with one attached hydrogen (secondary N) is 2. The number of carbonyl (C=O) groups is 2. The van der Waals surface area contributed by atoms with E-state index in [0.717, 1.165) is 11.3 Å². The van der Waals surface area contributed by atoms with Gasteiger partial charge in [-0.05, 0) is 30.4 Å². The van der Waals surface area contributed by atoms with Gasteiger partial charge >= 0.3 is 0 Å². The maximum Gasteiger partial charge on any atom is 0.267 e. The van der Waals surface area contributed by atoms with Crippen molar-refractivity contribution in [3.8, 4) is 0 Å². The van der Waals surface area contributed by atoms with Gasteiger partial charge in [0.2, 0.25) is 5.91 Å². The summed E-state index contributed by atoms with van der Waals surface area (Å²) in [5.74, 6) is -0.167. The van der Waals surface area contributed by atoms with Crippen LogP contribution in [0, 0.1) is 6.92 Å². The highest BCUT2D eigenvalue weighted by Gasteiger charge is 2.10. The molecule has 3 rings (SSSR count). The van der Waals surface area contributed by atoms with Crippen LogP contribution in [0.4, 0.5) is 5.13 Å². The number of aromatic nitrogens is 1. The summed E-state index contributed by atoms with van der Waals surface area (Å²) in [5.41, 5.74) is 3.09. The van der Waals surface area contributed by atoms with Gasteiger partial charge in [0.15, 0.2) is 5.13 Å². The molecule has 0 radical (unpaired) electrons. The number of amides is 2. The Bertz CT molecular complexity index is 871. The van der Waals surface area contributed by atoms with E-state index in [2.05, 4.69) is 15.6 Å². The molecule has 0 aliphatic heterocycles. The zero-order valence-corrected chi connectivity index (χ0v) is 16.0. The van der Waals surface area contributed by atoms with Gasteiger partial charge in [0.25, 0.3) is 5.91 Å². The van der Waals surface area contributed by atoms with Crippen molar-refractivity contribution in [3.63, 3.8) is 0 Å². The van der Waals surface area contributed by atoms with Gasteiger partial charge in [0.05, 0.1) is 10.6 Å². The average Bonchev–Trinajstić information content (AvgIpc) is 3.31. The maximum atomic E-state index is 12.0. The molecule has 2 heterocycles. The van der Waals surface area contributed by atoms with Gasteiger partial charge in [-0.3, -0.25) is 14.9 Å². The number of benzene rings is 1. The summed E-state index contributed by atoms with van der Waals surface area (Å²) >= 11 is 2.76. The van der Waals surface area contributed by atoms with Crippen molar-refractivity contribution in [1.82, 2.24) is 10.3 Å². The number of nitrogens with zero attached hydrogens (tertiary/aromatic N) is 1. The Morgan fingerprint density at radius 2 is 1.92 bits per heavy atom. The van der Waals surface area contributed by atoms with Gasteiger partial charge in [0.1, 0.15) is 0 Å². The standard InChI is InChI=1S/C19H19N3O2S2/c1-13-4-6-14(7-5-13)11-20-17(23)9-8-15-12-26-19(21-15)22-18(24)16-3-2-10-25-16/h2-7,10,12H,8-9,11H2,1H3,(H,20,23)(H,21,22,24). The summed E-state index contributed by atoms with van der Waals surface area (Å²) < 4.78 is 0. The molecular weight excluding hydrogens is 366 g/mol. The molecule has 0 spiro atoms. The number of anilines is 1. The predicted octanol–water partition coefficient (Wildman–Crippen LogP) is 4.01. The molecule has 3 aromatic rings. The first-order valence-corrected chi connectivity index (χ1v) is 9.97. The fourth-order valence-electron chi connectivity index (χ4n) is 2.28. The van der Waals surface area contributed by atoms with Crippen LogP contribution in [0.5, 0.6) is 0 Å². The van der Waals surface area contributed by atoms with Crippen LogP contribution in [0.3, 0.4) is 0 Å². The average molecular weight is 386 g/mol. The Morgan fingerprint density at radius 3 is 2.65 bits per heavy atom. The van der Waals surface area contributed by atoms with Crippen LogP contribution in [0.15, 0.2) is 47.2 Å². The molecule has 1 aromatic carbocycles. The molecule has 26 heavy (non-hydrogen) atoms. The van der Waals surface area contributed by atoms with Crippen molar-refractivity contribution >= 4 is 39.6 Å². The molecule has 2 amide bonds. The fraction of sp³-hybridized carbons (Fsp3) is 0.211. The summed E-state index contributed by atoms with van der Waals surface area (Å²) in [6, 6.07) is 11.7. The quantitative estimate of drug-likeness (QED) is 0.645. The Kier molecular flexibility index (Phi) is 6.14. The van der Waals surface area contributed by atoms with Crippen molar-refractivity contribution < 1.29 is 9.59 Å². The number of rotatable bonds is 7. The van der Waals surface area contributed by atoms with Gasteiger partial charge in [-0.25, -0.2) is 4.98 Å². The Labute approximate surface area is 160 Å². The monoisotopic (exact) mass is 385 g/mol. The molecule has 0 fully saturated rings. The lowest BCUT2D eigenvalue weighted by atomic mass is 10.1. The number of carbonyl (C=O) groups excluding carboxylic acids is 2. The molecule has 0 unspecified atom stereocenters. The molecule has 7 heteroatoms. The fourth-order valence-corrected chi connectivity index (χ4v) is 3.64. The van der Waals surface area contributed by atoms with Crippen molar-refractivity contribution in [3.05, 3.63) is 68.9 Å². The summed E-state index contributed by atoms with van der Waals surface area (Å²) in [7, 11) is 0. The highest BCUT2D eigenvalue weighted by Crippen LogP contribution is 2.18. The van der Waals surface area contributed by atoms with Gasteiger partial charge in [-0.2, -0.15) is 0 Å². The molecule has 0 aliphatic carbocycles. The Balaban J connectivity index is 1.43. The first-order valence-electron chi connectivity index (χ1n) is 8.21.